The predicted molar refractivity (Wildman–Crippen MR) is 135 cm³/mol. The fraction of sp³-hybridized carbons (Fsp3) is 0.423. The van der Waals surface area contributed by atoms with E-state index >= 15 is 0 Å². The summed E-state index contributed by atoms with van der Waals surface area (Å²) in [5.74, 6) is 0.474. The minimum absolute atomic E-state index is 0.229. The maximum atomic E-state index is 12.9. The average molecular weight is 532 g/mol. The van der Waals surface area contributed by atoms with Crippen LogP contribution in [0.1, 0.15) is 24.8 Å². The monoisotopic (exact) mass is 531 g/mol. The summed E-state index contributed by atoms with van der Waals surface area (Å²) in [7, 11) is 1.93. The number of halogens is 3. The van der Waals surface area contributed by atoms with Crippen LogP contribution in [0.15, 0.2) is 54.7 Å². The summed E-state index contributed by atoms with van der Waals surface area (Å²) in [6.07, 6.45) is -0.756. The molecule has 2 aliphatic heterocycles. The molecule has 0 N–H and O–H groups in total. The second-order valence-electron chi connectivity index (χ2n) is 9.54. The van der Waals surface area contributed by atoms with Crippen molar-refractivity contribution in [1.29, 1.82) is 0 Å². The normalized spacial score (nSPS) is 18.0. The first-order valence-electron chi connectivity index (χ1n) is 12.4. The number of imidazole rings is 1. The van der Waals surface area contributed by atoms with E-state index in [-0.39, 0.29) is 24.0 Å². The quantitative estimate of drug-likeness (QED) is 0.308. The van der Waals surface area contributed by atoms with E-state index in [0.29, 0.717) is 25.3 Å². The SMILES string of the molecule is CN(c1ccc(C(F)(F)F)cc1)C1CCN(c2ccc(OC[C@H]3CCn4cc([N+](=O)[O-])nc4O3)cc2)CC1. The van der Waals surface area contributed by atoms with Gasteiger partial charge in [-0.05, 0) is 66.3 Å². The van der Waals surface area contributed by atoms with Crippen LogP contribution in [0.2, 0.25) is 0 Å². The number of piperidine rings is 1. The fourth-order valence-electron chi connectivity index (χ4n) is 4.89. The number of aryl methyl sites for hydroxylation is 1. The Morgan fingerprint density at radius 2 is 1.76 bits per heavy atom. The molecule has 12 heteroatoms. The third-order valence-electron chi connectivity index (χ3n) is 7.13. The number of aromatic nitrogens is 2. The van der Waals surface area contributed by atoms with Gasteiger partial charge >= 0.3 is 18.0 Å². The summed E-state index contributed by atoms with van der Waals surface area (Å²) in [5, 5.41) is 10.9. The van der Waals surface area contributed by atoms with E-state index < -0.39 is 16.7 Å². The minimum atomic E-state index is -4.33. The molecule has 3 heterocycles. The van der Waals surface area contributed by atoms with Gasteiger partial charge in [0.05, 0.1) is 5.56 Å². The highest BCUT2D eigenvalue weighted by atomic mass is 19.4. The van der Waals surface area contributed by atoms with Crippen LogP contribution in [0, 0.1) is 10.1 Å². The van der Waals surface area contributed by atoms with Crippen molar-refractivity contribution < 1.29 is 27.6 Å². The van der Waals surface area contributed by atoms with E-state index in [1.54, 1.807) is 4.57 Å². The zero-order valence-corrected chi connectivity index (χ0v) is 20.8. The van der Waals surface area contributed by atoms with Gasteiger partial charge in [0, 0.05) is 55.5 Å². The molecule has 5 rings (SSSR count). The Morgan fingerprint density at radius 3 is 2.39 bits per heavy atom. The molecule has 0 unspecified atom stereocenters. The molecule has 2 aromatic carbocycles. The molecule has 1 fully saturated rings. The number of nitro groups is 1. The zero-order chi connectivity index (χ0) is 26.9. The van der Waals surface area contributed by atoms with Gasteiger partial charge in [-0.1, -0.05) is 0 Å². The Labute approximate surface area is 217 Å². The van der Waals surface area contributed by atoms with Gasteiger partial charge in [0.1, 0.15) is 24.7 Å². The van der Waals surface area contributed by atoms with E-state index in [4.69, 9.17) is 9.47 Å². The summed E-state index contributed by atoms with van der Waals surface area (Å²) in [6, 6.07) is 13.6. The molecule has 202 valence electrons. The van der Waals surface area contributed by atoms with Crippen LogP contribution < -0.4 is 19.3 Å². The van der Waals surface area contributed by atoms with Crippen LogP contribution in [-0.4, -0.2) is 53.4 Å². The number of fused-ring (bicyclic) bond motifs is 1. The van der Waals surface area contributed by atoms with Crippen molar-refractivity contribution in [2.45, 2.75) is 44.1 Å². The summed E-state index contributed by atoms with van der Waals surface area (Å²) in [4.78, 5) is 18.6. The van der Waals surface area contributed by atoms with E-state index in [9.17, 15) is 23.3 Å². The molecule has 0 radical (unpaired) electrons. The fourth-order valence-corrected chi connectivity index (χ4v) is 4.89. The highest BCUT2D eigenvalue weighted by Gasteiger charge is 2.31. The smallest absolute Gasteiger partial charge is 0.416 e. The van der Waals surface area contributed by atoms with Crippen LogP contribution in [0.5, 0.6) is 11.8 Å². The number of hydrogen-bond acceptors (Lipinski definition) is 7. The van der Waals surface area contributed by atoms with Crippen LogP contribution in [-0.2, 0) is 12.7 Å². The second kappa shape index (κ2) is 10.4. The summed E-state index contributed by atoms with van der Waals surface area (Å²) in [5.41, 5.74) is 1.22. The summed E-state index contributed by atoms with van der Waals surface area (Å²) < 4.78 is 51.8. The van der Waals surface area contributed by atoms with Crippen molar-refractivity contribution in [3.05, 3.63) is 70.4 Å². The molecule has 0 spiro atoms. The number of hydrogen-bond donors (Lipinski definition) is 0. The average Bonchev–Trinajstić information content (AvgIpc) is 3.36. The van der Waals surface area contributed by atoms with Crippen LogP contribution in [0.25, 0.3) is 0 Å². The molecule has 3 aromatic rings. The first kappa shape index (κ1) is 25.7. The zero-order valence-electron chi connectivity index (χ0n) is 20.8. The molecule has 0 aliphatic carbocycles. The van der Waals surface area contributed by atoms with Crippen LogP contribution in [0.4, 0.5) is 30.4 Å². The predicted octanol–water partition coefficient (Wildman–Crippen LogP) is 5.15. The lowest BCUT2D eigenvalue weighted by atomic mass is 10.0. The highest BCUT2D eigenvalue weighted by Crippen LogP contribution is 2.32. The number of alkyl halides is 3. The van der Waals surface area contributed by atoms with E-state index in [0.717, 1.165) is 49.4 Å². The second-order valence-corrected chi connectivity index (χ2v) is 9.54. The lowest BCUT2D eigenvalue weighted by Crippen LogP contribution is -2.43. The van der Waals surface area contributed by atoms with Crippen molar-refractivity contribution in [2.75, 3.05) is 36.5 Å². The maximum absolute atomic E-state index is 12.9. The lowest BCUT2D eigenvalue weighted by molar-refractivity contribution is -0.389. The summed E-state index contributed by atoms with van der Waals surface area (Å²) in [6.45, 7) is 2.56. The molecule has 38 heavy (non-hydrogen) atoms. The standard InChI is InChI=1S/C26H28F3N5O4/c1-31(19-4-2-18(3-5-19)26(27,28)29)20-10-13-32(14-11-20)21-6-8-22(9-7-21)37-17-23-12-15-33-16-24(34(35)36)30-25(33)38-23/h2-9,16,20,23H,10-15,17H2,1H3/t23-/m1/s1. The largest absolute Gasteiger partial charge is 0.490 e. The molecule has 1 saturated heterocycles. The number of ether oxygens (including phenoxy) is 2. The number of rotatable bonds is 7. The first-order chi connectivity index (χ1) is 18.2. The highest BCUT2D eigenvalue weighted by molar-refractivity contribution is 5.51. The Kier molecular flexibility index (Phi) is 7.04. The van der Waals surface area contributed by atoms with Gasteiger partial charge in [0.15, 0.2) is 0 Å². The maximum Gasteiger partial charge on any atom is 0.416 e. The van der Waals surface area contributed by atoms with Crippen molar-refractivity contribution in [3.8, 4) is 11.8 Å². The van der Waals surface area contributed by atoms with Gasteiger partial charge in [0.2, 0.25) is 0 Å². The first-order valence-corrected chi connectivity index (χ1v) is 12.4. The molecule has 0 amide bonds. The molecule has 1 atom stereocenters. The molecular weight excluding hydrogens is 503 g/mol. The number of benzene rings is 2. The molecule has 0 bridgehead atoms. The summed E-state index contributed by atoms with van der Waals surface area (Å²) >= 11 is 0. The van der Waals surface area contributed by atoms with Crippen molar-refractivity contribution in [3.63, 3.8) is 0 Å². The van der Waals surface area contributed by atoms with Gasteiger partial charge < -0.3 is 29.4 Å². The Bertz CT molecular complexity index is 1260. The topological polar surface area (TPSA) is 85.9 Å². The number of nitrogens with zero attached hydrogens (tertiary/aromatic N) is 5. The molecule has 1 aromatic heterocycles. The van der Waals surface area contributed by atoms with Crippen molar-refractivity contribution in [2.24, 2.45) is 0 Å². The van der Waals surface area contributed by atoms with E-state index in [2.05, 4.69) is 14.8 Å². The Hall–Kier alpha value is -3.96. The van der Waals surface area contributed by atoms with E-state index in [1.807, 2.05) is 31.3 Å². The third-order valence-corrected chi connectivity index (χ3v) is 7.13. The van der Waals surface area contributed by atoms with Gasteiger partial charge in [-0.3, -0.25) is 4.57 Å². The van der Waals surface area contributed by atoms with Crippen molar-refractivity contribution in [1.82, 2.24) is 9.55 Å². The molecule has 0 saturated carbocycles. The number of anilines is 2. The Balaban J connectivity index is 1.10. The van der Waals surface area contributed by atoms with Crippen LogP contribution in [0.3, 0.4) is 0 Å². The lowest BCUT2D eigenvalue weighted by Gasteiger charge is -2.39. The van der Waals surface area contributed by atoms with Gasteiger partial charge in [-0.15, -0.1) is 0 Å². The minimum Gasteiger partial charge on any atom is -0.490 e. The third kappa shape index (κ3) is 5.63. The molecule has 9 nitrogen and oxygen atoms in total. The van der Waals surface area contributed by atoms with Gasteiger partial charge in [-0.2, -0.15) is 13.2 Å². The van der Waals surface area contributed by atoms with Crippen molar-refractivity contribution >= 4 is 17.2 Å². The molecular formula is C26H28F3N5O4. The molecule has 2 aliphatic rings. The van der Waals surface area contributed by atoms with Gasteiger partial charge in [-0.25, -0.2) is 0 Å². The van der Waals surface area contributed by atoms with Crippen LogP contribution >= 0.6 is 0 Å². The Morgan fingerprint density at radius 1 is 1.08 bits per heavy atom. The van der Waals surface area contributed by atoms with Gasteiger partial charge in [0.25, 0.3) is 0 Å². The van der Waals surface area contributed by atoms with E-state index in [1.165, 1.54) is 18.3 Å².